The number of aromatic nitrogens is 2. The molecule has 2 heterocycles. The third kappa shape index (κ3) is 5.97. The highest BCUT2D eigenvalue weighted by molar-refractivity contribution is 7.98. The van der Waals surface area contributed by atoms with Crippen LogP contribution in [0.2, 0.25) is 0 Å². The highest BCUT2D eigenvalue weighted by atomic mass is 32.2. The van der Waals surface area contributed by atoms with Crippen molar-refractivity contribution in [1.29, 1.82) is 0 Å². The molecule has 2 aromatic heterocycles. The van der Waals surface area contributed by atoms with Crippen molar-refractivity contribution in [2.24, 2.45) is 0 Å². The van der Waals surface area contributed by atoms with E-state index in [1.807, 2.05) is 45.0 Å². The van der Waals surface area contributed by atoms with Crippen LogP contribution >= 0.6 is 11.8 Å². The van der Waals surface area contributed by atoms with E-state index >= 15 is 0 Å². The molecule has 1 N–H and O–H groups in total. The normalized spacial score (nSPS) is 11.8. The maximum Gasteiger partial charge on any atom is 0.341 e. The van der Waals surface area contributed by atoms with E-state index in [0.29, 0.717) is 16.3 Å². The monoisotopic (exact) mass is 453 g/mol. The Labute approximate surface area is 191 Å². The van der Waals surface area contributed by atoms with E-state index in [2.05, 4.69) is 22.4 Å². The Kier molecular flexibility index (Phi) is 8.05. The van der Waals surface area contributed by atoms with E-state index in [1.54, 1.807) is 18.3 Å². The summed E-state index contributed by atoms with van der Waals surface area (Å²) >= 11 is 1.39. The topological polar surface area (TPSA) is 94.3 Å². The zero-order valence-electron chi connectivity index (χ0n) is 18.7. The van der Waals surface area contributed by atoms with Crippen molar-refractivity contribution in [3.63, 3.8) is 0 Å². The van der Waals surface area contributed by atoms with Gasteiger partial charge in [0.25, 0.3) is 5.91 Å². The lowest BCUT2D eigenvalue weighted by Gasteiger charge is -2.15. The number of nitrogens with one attached hydrogen (secondary N) is 1. The highest BCUT2D eigenvalue weighted by Crippen LogP contribution is 2.27. The number of hydrogen-bond acceptors (Lipinski definition) is 7. The summed E-state index contributed by atoms with van der Waals surface area (Å²) in [6, 6.07) is 11.2. The molecule has 8 heteroatoms. The molecule has 0 saturated carbocycles. The van der Waals surface area contributed by atoms with Crippen LogP contribution in [-0.4, -0.2) is 28.6 Å². The van der Waals surface area contributed by atoms with Crippen molar-refractivity contribution < 1.29 is 18.8 Å². The predicted molar refractivity (Wildman–Crippen MR) is 122 cm³/mol. The average Bonchev–Trinajstić information content (AvgIpc) is 3.13. The molecule has 0 fully saturated rings. The molecule has 0 radical (unpaired) electrons. The van der Waals surface area contributed by atoms with Gasteiger partial charge in [-0.3, -0.25) is 4.79 Å². The number of benzene rings is 1. The van der Waals surface area contributed by atoms with Gasteiger partial charge in [0.05, 0.1) is 17.3 Å². The Morgan fingerprint density at radius 1 is 1.19 bits per heavy atom. The lowest BCUT2D eigenvalue weighted by atomic mass is 10.1. The van der Waals surface area contributed by atoms with Crippen LogP contribution in [0.25, 0.3) is 0 Å². The number of carbonyl (C=O) groups excluding carboxylic acids is 2. The van der Waals surface area contributed by atoms with Gasteiger partial charge in [0, 0.05) is 17.5 Å². The standard InChI is InChI=1S/C24H27N3O4S/c1-5-18-8-10-19(11-9-18)15(2)26-22(28)13-30-24(29)20-7-6-12-25-23(20)32-14-21-16(3)27-31-17(21)4/h6-12,15H,5,13-14H2,1-4H3,(H,26,28)/t15-/m1/s1. The first-order chi connectivity index (χ1) is 15.4. The van der Waals surface area contributed by atoms with Crippen LogP contribution in [0.5, 0.6) is 0 Å². The van der Waals surface area contributed by atoms with Crippen molar-refractivity contribution >= 4 is 23.6 Å². The minimum atomic E-state index is -0.588. The van der Waals surface area contributed by atoms with Crippen LogP contribution in [0.4, 0.5) is 0 Å². The van der Waals surface area contributed by atoms with Gasteiger partial charge in [-0.15, -0.1) is 11.8 Å². The first kappa shape index (κ1) is 23.5. The van der Waals surface area contributed by atoms with Gasteiger partial charge in [-0.2, -0.15) is 0 Å². The third-order valence-corrected chi connectivity index (χ3v) is 6.16. The Morgan fingerprint density at radius 3 is 2.59 bits per heavy atom. The predicted octanol–water partition coefficient (Wildman–Crippen LogP) is 4.58. The van der Waals surface area contributed by atoms with Gasteiger partial charge in [-0.05, 0) is 50.5 Å². The number of hydrogen-bond donors (Lipinski definition) is 1. The van der Waals surface area contributed by atoms with E-state index in [-0.39, 0.29) is 18.6 Å². The number of thioether (sulfide) groups is 1. The molecule has 1 atom stereocenters. The minimum Gasteiger partial charge on any atom is -0.452 e. The Balaban J connectivity index is 1.55. The first-order valence-electron chi connectivity index (χ1n) is 10.4. The first-order valence-corrected chi connectivity index (χ1v) is 11.4. The second-order valence-corrected chi connectivity index (χ2v) is 8.37. The molecule has 0 spiro atoms. The number of esters is 1. The molecule has 0 saturated heterocycles. The summed E-state index contributed by atoms with van der Waals surface area (Å²) in [6.07, 6.45) is 2.58. The highest BCUT2D eigenvalue weighted by Gasteiger charge is 2.18. The molecule has 1 aromatic carbocycles. The molecule has 0 bridgehead atoms. The van der Waals surface area contributed by atoms with Crippen LogP contribution < -0.4 is 5.32 Å². The van der Waals surface area contributed by atoms with E-state index in [0.717, 1.165) is 29.0 Å². The lowest BCUT2D eigenvalue weighted by molar-refractivity contribution is -0.124. The zero-order valence-corrected chi connectivity index (χ0v) is 19.5. The molecular formula is C24H27N3O4S. The summed E-state index contributed by atoms with van der Waals surface area (Å²) in [5, 5.41) is 7.33. The van der Waals surface area contributed by atoms with Gasteiger partial charge >= 0.3 is 5.97 Å². The van der Waals surface area contributed by atoms with E-state index in [1.165, 1.54) is 17.3 Å². The van der Waals surface area contributed by atoms with E-state index < -0.39 is 5.97 Å². The largest absolute Gasteiger partial charge is 0.452 e. The summed E-state index contributed by atoms with van der Waals surface area (Å²) < 4.78 is 10.4. The molecular weight excluding hydrogens is 426 g/mol. The Hall–Kier alpha value is -3.13. The molecule has 1 amide bonds. The van der Waals surface area contributed by atoms with Crippen LogP contribution in [0, 0.1) is 13.8 Å². The maximum absolute atomic E-state index is 12.6. The molecule has 7 nitrogen and oxygen atoms in total. The van der Waals surface area contributed by atoms with Crippen molar-refractivity contribution in [2.75, 3.05) is 6.61 Å². The van der Waals surface area contributed by atoms with E-state index in [4.69, 9.17) is 9.26 Å². The van der Waals surface area contributed by atoms with Gasteiger partial charge in [0.15, 0.2) is 6.61 Å². The second kappa shape index (κ2) is 10.9. The summed E-state index contributed by atoms with van der Waals surface area (Å²) in [7, 11) is 0. The number of carbonyl (C=O) groups is 2. The van der Waals surface area contributed by atoms with E-state index in [9.17, 15) is 9.59 Å². The number of aryl methyl sites for hydroxylation is 3. The summed E-state index contributed by atoms with van der Waals surface area (Å²) in [4.78, 5) is 29.2. The average molecular weight is 454 g/mol. The fraction of sp³-hybridized carbons (Fsp3) is 0.333. The maximum atomic E-state index is 12.6. The second-order valence-electron chi connectivity index (χ2n) is 7.41. The number of nitrogens with zero attached hydrogens (tertiary/aromatic N) is 2. The van der Waals surface area contributed by atoms with Crippen LogP contribution in [-0.2, 0) is 21.7 Å². The van der Waals surface area contributed by atoms with Crippen molar-refractivity contribution in [3.8, 4) is 0 Å². The van der Waals surface area contributed by atoms with Crippen molar-refractivity contribution in [3.05, 3.63) is 76.3 Å². The van der Waals surface area contributed by atoms with Crippen molar-refractivity contribution in [2.45, 2.75) is 50.9 Å². The lowest BCUT2D eigenvalue weighted by Crippen LogP contribution is -2.31. The zero-order chi connectivity index (χ0) is 23.1. The van der Waals surface area contributed by atoms with Gasteiger partial charge < -0.3 is 14.6 Å². The van der Waals surface area contributed by atoms with Gasteiger partial charge in [-0.25, -0.2) is 9.78 Å². The molecule has 32 heavy (non-hydrogen) atoms. The van der Waals surface area contributed by atoms with Crippen LogP contribution in [0.15, 0.2) is 52.1 Å². The Bertz CT molecular complexity index is 1060. The summed E-state index contributed by atoms with van der Waals surface area (Å²) in [5.41, 5.74) is 4.33. The number of ether oxygens (including phenoxy) is 1. The van der Waals surface area contributed by atoms with Crippen molar-refractivity contribution in [1.82, 2.24) is 15.5 Å². The molecule has 168 valence electrons. The van der Waals surface area contributed by atoms with Gasteiger partial charge in [0.1, 0.15) is 10.8 Å². The fourth-order valence-electron chi connectivity index (χ4n) is 3.13. The van der Waals surface area contributed by atoms with Gasteiger partial charge in [-0.1, -0.05) is 36.3 Å². The molecule has 0 aliphatic heterocycles. The summed E-state index contributed by atoms with van der Waals surface area (Å²) in [5.74, 6) is 0.353. The van der Waals surface area contributed by atoms with Crippen LogP contribution in [0.3, 0.4) is 0 Å². The molecule has 3 aromatic rings. The number of pyridine rings is 1. The Morgan fingerprint density at radius 2 is 1.94 bits per heavy atom. The SMILES string of the molecule is CCc1ccc([C@@H](C)NC(=O)COC(=O)c2cccnc2SCc2c(C)noc2C)cc1. The minimum absolute atomic E-state index is 0.188. The number of amides is 1. The summed E-state index contributed by atoms with van der Waals surface area (Å²) in [6.45, 7) is 7.35. The third-order valence-electron chi connectivity index (χ3n) is 5.13. The molecule has 0 aliphatic rings. The molecule has 0 unspecified atom stereocenters. The molecule has 3 rings (SSSR count). The fourth-order valence-corrected chi connectivity index (χ4v) is 4.26. The quantitative estimate of drug-likeness (QED) is 0.374. The van der Waals surface area contributed by atoms with Gasteiger partial charge in [0.2, 0.25) is 0 Å². The smallest absolute Gasteiger partial charge is 0.341 e. The van der Waals surface area contributed by atoms with Crippen LogP contribution in [0.1, 0.15) is 58.4 Å². The number of rotatable bonds is 9. The molecule has 0 aliphatic carbocycles.